The molecule has 21 heavy (non-hydrogen) atoms. The molecule has 0 atom stereocenters. The van der Waals surface area contributed by atoms with Crippen molar-refractivity contribution in [3.8, 4) is 5.75 Å². The Morgan fingerprint density at radius 1 is 1.14 bits per heavy atom. The summed E-state index contributed by atoms with van der Waals surface area (Å²) in [5, 5.41) is 0. The van der Waals surface area contributed by atoms with Gasteiger partial charge in [-0.25, -0.2) is 4.39 Å². The van der Waals surface area contributed by atoms with Gasteiger partial charge in [0, 0.05) is 12.5 Å². The van der Waals surface area contributed by atoms with E-state index >= 15 is 0 Å². The van der Waals surface area contributed by atoms with E-state index in [1.807, 2.05) is 0 Å². The minimum Gasteiger partial charge on any atom is -0.496 e. The van der Waals surface area contributed by atoms with Gasteiger partial charge >= 0.3 is 0 Å². The zero-order valence-electron chi connectivity index (χ0n) is 12.9. The number of hydrogen-bond donors (Lipinski definition) is 0. The molecule has 0 unspecified atom stereocenters. The zero-order chi connectivity index (χ0) is 15.7. The molecule has 118 valence electrons. The SMILES string of the molecule is CCCCCCCCCC(=O)c1cc(Br)c(F)cc1OC. The molecule has 0 heterocycles. The first-order chi connectivity index (χ1) is 10.1. The molecule has 0 spiro atoms. The second kappa shape index (κ2) is 9.93. The summed E-state index contributed by atoms with van der Waals surface area (Å²) in [6, 6.07) is 2.76. The third kappa shape index (κ3) is 6.16. The first-order valence-corrected chi connectivity index (χ1v) is 8.45. The number of carbonyl (C=O) groups is 1. The van der Waals surface area contributed by atoms with Crippen LogP contribution in [0.15, 0.2) is 16.6 Å². The summed E-state index contributed by atoms with van der Waals surface area (Å²) in [6.45, 7) is 2.20. The van der Waals surface area contributed by atoms with Crippen LogP contribution in [0.2, 0.25) is 0 Å². The van der Waals surface area contributed by atoms with Gasteiger partial charge in [0.15, 0.2) is 5.78 Å². The summed E-state index contributed by atoms with van der Waals surface area (Å²) in [5.74, 6) is -0.0934. The van der Waals surface area contributed by atoms with E-state index in [1.54, 1.807) is 0 Å². The van der Waals surface area contributed by atoms with Crippen LogP contribution in [0.25, 0.3) is 0 Å². The van der Waals surface area contributed by atoms with Gasteiger partial charge in [-0.2, -0.15) is 0 Å². The Balaban J connectivity index is 2.43. The van der Waals surface area contributed by atoms with Crippen molar-refractivity contribution in [2.75, 3.05) is 7.11 Å². The Hall–Kier alpha value is -0.900. The summed E-state index contributed by atoms with van der Waals surface area (Å²) >= 11 is 3.11. The molecule has 0 aliphatic carbocycles. The normalized spacial score (nSPS) is 10.7. The van der Waals surface area contributed by atoms with Crippen molar-refractivity contribution in [3.05, 3.63) is 28.0 Å². The summed E-state index contributed by atoms with van der Waals surface area (Å²) < 4.78 is 18.8. The smallest absolute Gasteiger partial charge is 0.166 e. The van der Waals surface area contributed by atoms with Crippen LogP contribution in [-0.4, -0.2) is 12.9 Å². The summed E-state index contributed by atoms with van der Waals surface area (Å²) in [5.41, 5.74) is 0.455. The number of carbonyl (C=O) groups excluding carboxylic acids is 1. The maximum Gasteiger partial charge on any atom is 0.166 e. The lowest BCUT2D eigenvalue weighted by Crippen LogP contribution is -2.03. The molecular formula is C17H24BrFO2. The van der Waals surface area contributed by atoms with E-state index in [4.69, 9.17) is 4.74 Å². The summed E-state index contributed by atoms with van der Waals surface area (Å²) in [6.07, 6.45) is 8.68. The van der Waals surface area contributed by atoms with Crippen molar-refractivity contribution >= 4 is 21.7 Å². The molecule has 0 fully saturated rings. The Morgan fingerprint density at radius 3 is 2.38 bits per heavy atom. The molecule has 4 heteroatoms. The third-order valence-electron chi connectivity index (χ3n) is 3.55. The molecule has 1 aromatic rings. The molecule has 0 aromatic heterocycles. The summed E-state index contributed by atoms with van der Waals surface area (Å²) in [7, 11) is 1.45. The van der Waals surface area contributed by atoms with E-state index < -0.39 is 5.82 Å². The Morgan fingerprint density at radius 2 is 1.76 bits per heavy atom. The first-order valence-electron chi connectivity index (χ1n) is 7.66. The molecule has 2 nitrogen and oxygen atoms in total. The highest BCUT2D eigenvalue weighted by Gasteiger charge is 2.15. The van der Waals surface area contributed by atoms with Gasteiger partial charge in [-0.15, -0.1) is 0 Å². The van der Waals surface area contributed by atoms with Gasteiger partial charge in [-0.1, -0.05) is 45.4 Å². The molecule has 0 saturated carbocycles. The van der Waals surface area contributed by atoms with Crippen LogP contribution in [0.4, 0.5) is 4.39 Å². The molecule has 0 aliphatic rings. The lowest BCUT2D eigenvalue weighted by molar-refractivity contribution is 0.0976. The lowest BCUT2D eigenvalue weighted by atomic mass is 10.0. The van der Waals surface area contributed by atoms with Crippen molar-refractivity contribution in [2.45, 2.75) is 58.3 Å². The highest BCUT2D eigenvalue weighted by molar-refractivity contribution is 9.10. The number of benzene rings is 1. The van der Waals surface area contributed by atoms with Crippen molar-refractivity contribution in [2.24, 2.45) is 0 Å². The second-order valence-electron chi connectivity index (χ2n) is 5.26. The molecule has 0 aliphatic heterocycles. The van der Waals surface area contributed by atoms with Crippen LogP contribution in [0.1, 0.15) is 68.6 Å². The number of methoxy groups -OCH3 is 1. The Kier molecular flexibility index (Phi) is 8.58. The Bertz CT molecular complexity index is 460. The fourth-order valence-electron chi connectivity index (χ4n) is 2.29. The number of unbranched alkanes of at least 4 members (excludes halogenated alkanes) is 6. The number of hydrogen-bond acceptors (Lipinski definition) is 2. The number of halogens is 2. The van der Waals surface area contributed by atoms with Gasteiger partial charge in [0.1, 0.15) is 11.6 Å². The van der Waals surface area contributed by atoms with E-state index in [0.717, 1.165) is 12.8 Å². The average molecular weight is 359 g/mol. The third-order valence-corrected chi connectivity index (χ3v) is 4.16. The van der Waals surface area contributed by atoms with Crippen LogP contribution in [-0.2, 0) is 0 Å². The van der Waals surface area contributed by atoms with Gasteiger partial charge in [0.25, 0.3) is 0 Å². The number of rotatable bonds is 10. The van der Waals surface area contributed by atoms with E-state index in [9.17, 15) is 9.18 Å². The number of ether oxygens (including phenoxy) is 1. The fourth-order valence-corrected chi connectivity index (χ4v) is 2.64. The largest absolute Gasteiger partial charge is 0.496 e. The summed E-state index contributed by atoms with van der Waals surface area (Å²) in [4.78, 5) is 12.2. The molecular weight excluding hydrogens is 335 g/mol. The topological polar surface area (TPSA) is 26.3 Å². The van der Waals surface area contributed by atoms with E-state index in [2.05, 4.69) is 22.9 Å². The van der Waals surface area contributed by atoms with Crippen LogP contribution in [0.3, 0.4) is 0 Å². The molecule has 1 rings (SSSR count). The highest BCUT2D eigenvalue weighted by atomic mass is 79.9. The van der Waals surface area contributed by atoms with Gasteiger partial charge < -0.3 is 4.74 Å². The van der Waals surface area contributed by atoms with Crippen molar-refractivity contribution in [1.29, 1.82) is 0 Å². The maximum absolute atomic E-state index is 13.4. The maximum atomic E-state index is 13.4. The van der Waals surface area contributed by atoms with E-state index in [1.165, 1.54) is 51.3 Å². The minimum absolute atomic E-state index is 0.0149. The first kappa shape index (κ1) is 18.1. The standard InChI is InChI=1S/C17H24BrFO2/c1-3-4-5-6-7-8-9-10-16(20)13-11-14(18)15(19)12-17(13)21-2/h11-12H,3-10H2,1-2H3. The quantitative estimate of drug-likeness (QED) is 0.383. The van der Waals surface area contributed by atoms with Gasteiger partial charge in [0.2, 0.25) is 0 Å². The van der Waals surface area contributed by atoms with Crippen LogP contribution in [0.5, 0.6) is 5.75 Å². The molecule has 0 bridgehead atoms. The lowest BCUT2D eigenvalue weighted by Gasteiger charge is -2.09. The molecule has 0 amide bonds. The van der Waals surface area contributed by atoms with Gasteiger partial charge in [-0.3, -0.25) is 4.79 Å². The van der Waals surface area contributed by atoms with Gasteiger partial charge in [0.05, 0.1) is 17.1 Å². The number of Topliss-reactive ketones (excluding diaryl/α,β-unsaturated/α-hetero) is 1. The number of ketones is 1. The predicted molar refractivity (Wildman–Crippen MR) is 87.6 cm³/mol. The second-order valence-corrected chi connectivity index (χ2v) is 6.12. The van der Waals surface area contributed by atoms with E-state index in [-0.39, 0.29) is 5.78 Å². The van der Waals surface area contributed by atoms with Crippen LogP contribution >= 0.6 is 15.9 Å². The van der Waals surface area contributed by atoms with Crippen LogP contribution < -0.4 is 4.74 Å². The molecule has 0 saturated heterocycles. The average Bonchev–Trinajstić information content (AvgIpc) is 2.48. The molecule has 0 N–H and O–H groups in total. The molecule has 1 aromatic carbocycles. The van der Waals surface area contributed by atoms with Gasteiger partial charge in [-0.05, 0) is 28.4 Å². The minimum atomic E-state index is -0.417. The molecule has 0 radical (unpaired) electrons. The zero-order valence-corrected chi connectivity index (χ0v) is 14.5. The fraction of sp³-hybridized carbons (Fsp3) is 0.588. The highest BCUT2D eigenvalue weighted by Crippen LogP contribution is 2.27. The van der Waals surface area contributed by atoms with Crippen molar-refractivity contribution < 1.29 is 13.9 Å². The monoisotopic (exact) mass is 358 g/mol. The van der Waals surface area contributed by atoms with Crippen LogP contribution in [0, 0.1) is 5.82 Å². The van der Waals surface area contributed by atoms with Crippen molar-refractivity contribution in [3.63, 3.8) is 0 Å². The predicted octanol–water partition coefficient (Wildman–Crippen LogP) is 5.92. The van der Waals surface area contributed by atoms with Crippen molar-refractivity contribution in [1.82, 2.24) is 0 Å². The van der Waals surface area contributed by atoms with E-state index in [0.29, 0.717) is 22.2 Å². The Labute approximate surface area is 135 Å².